The summed E-state index contributed by atoms with van der Waals surface area (Å²) in [6.07, 6.45) is 0. The molecule has 0 spiro atoms. The van der Waals surface area contributed by atoms with Crippen LogP contribution in [-0.4, -0.2) is 50.0 Å². The van der Waals surface area contributed by atoms with Gasteiger partial charge in [-0.15, -0.1) is 12.4 Å². The average molecular weight is 365 g/mol. The number of benzene rings is 1. The van der Waals surface area contributed by atoms with Gasteiger partial charge in [0.25, 0.3) is 0 Å². The topological polar surface area (TPSA) is 93.2 Å². The minimum absolute atomic E-state index is 0. The first-order valence-corrected chi connectivity index (χ1v) is 8.87. The van der Waals surface area contributed by atoms with E-state index in [9.17, 15) is 8.42 Å². The fourth-order valence-corrected chi connectivity index (χ4v) is 4.07. The van der Waals surface area contributed by atoms with Crippen LogP contribution in [0.15, 0.2) is 23.1 Å². The molecule has 7 nitrogen and oxygen atoms in total. The highest BCUT2D eigenvalue weighted by atomic mass is 35.5. The molecule has 1 aliphatic rings. The van der Waals surface area contributed by atoms with Gasteiger partial charge >= 0.3 is 0 Å². The number of ether oxygens (including phenoxy) is 1. The second kappa shape index (κ2) is 7.62. The van der Waals surface area contributed by atoms with Gasteiger partial charge in [0.2, 0.25) is 10.0 Å². The summed E-state index contributed by atoms with van der Waals surface area (Å²) in [5.41, 5.74) is 1.02. The van der Waals surface area contributed by atoms with Crippen LogP contribution in [0.4, 0.5) is 0 Å². The molecule has 0 saturated carbocycles. The summed E-state index contributed by atoms with van der Waals surface area (Å²) < 4.78 is 41.1. The summed E-state index contributed by atoms with van der Waals surface area (Å²) in [5, 5.41) is 3.22. The van der Waals surface area contributed by atoms with Crippen molar-refractivity contribution in [1.82, 2.24) is 18.8 Å². The van der Waals surface area contributed by atoms with E-state index in [0.29, 0.717) is 30.8 Å². The van der Waals surface area contributed by atoms with E-state index in [1.165, 1.54) is 0 Å². The van der Waals surface area contributed by atoms with E-state index in [1.54, 1.807) is 18.2 Å². The van der Waals surface area contributed by atoms with Gasteiger partial charge in [-0.3, -0.25) is 0 Å². The lowest BCUT2D eigenvalue weighted by Crippen LogP contribution is -2.35. The van der Waals surface area contributed by atoms with Crippen LogP contribution in [-0.2, 0) is 14.8 Å². The summed E-state index contributed by atoms with van der Waals surface area (Å²) in [6, 6.07) is 4.98. The molecule has 0 aliphatic carbocycles. The predicted octanol–water partition coefficient (Wildman–Crippen LogP) is 0.627. The molecular formula is C12H17ClN4O3S2. The Morgan fingerprint density at radius 3 is 3.14 bits per heavy atom. The molecule has 1 saturated heterocycles. The molecule has 1 fully saturated rings. The summed E-state index contributed by atoms with van der Waals surface area (Å²) in [7, 11) is -3.60. The molecule has 2 heterocycles. The van der Waals surface area contributed by atoms with Crippen LogP contribution in [0.2, 0.25) is 0 Å². The second-order valence-electron chi connectivity index (χ2n) is 4.89. The second-order valence-corrected chi connectivity index (χ2v) is 7.15. The van der Waals surface area contributed by atoms with Gasteiger partial charge in [0, 0.05) is 25.6 Å². The van der Waals surface area contributed by atoms with E-state index in [1.807, 2.05) is 0 Å². The van der Waals surface area contributed by atoms with Crippen LogP contribution in [0, 0.1) is 5.92 Å². The highest BCUT2D eigenvalue weighted by Crippen LogP contribution is 2.20. The van der Waals surface area contributed by atoms with Gasteiger partial charge in [0.15, 0.2) is 0 Å². The quantitative estimate of drug-likeness (QED) is 0.826. The number of sulfonamides is 1. The van der Waals surface area contributed by atoms with E-state index in [0.717, 1.165) is 24.8 Å². The SMILES string of the molecule is Cl.O=S(=O)(NCC1CNCCOC1)c1cccc2nsnc12. The maximum Gasteiger partial charge on any atom is 0.242 e. The fourth-order valence-electron chi connectivity index (χ4n) is 2.19. The Labute approximate surface area is 139 Å². The van der Waals surface area contributed by atoms with Crippen molar-refractivity contribution in [3.8, 4) is 0 Å². The minimum atomic E-state index is -3.60. The first-order chi connectivity index (χ1) is 10.2. The highest BCUT2D eigenvalue weighted by molar-refractivity contribution is 7.89. The van der Waals surface area contributed by atoms with Crippen molar-refractivity contribution in [2.75, 3.05) is 32.8 Å². The standard InChI is InChI=1S/C12H16N4O3S2.ClH/c17-21(18,14-7-9-6-13-4-5-19-8-9)11-3-1-2-10-12(11)16-20-15-10;/h1-3,9,13-14H,4-8H2;1H. The molecule has 2 aromatic rings. The molecule has 2 N–H and O–H groups in total. The van der Waals surface area contributed by atoms with Crippen LogP contribution < -0.4 is 10.0 Å². The third kappa shape index (κ3) is 3.92. The number of halogens is 1. The number of hydrogen-bond acceptors (Lipinski definition) is 7. The van der Waals surface area contributed by atoms with Gasteiger partial charge in [-0.25, -0.2) is 13.1 Å². The van der Waals surface area contributed by atoms with Gasteiger partial charge in [-0.05, 0) is 12.1 Å². The maximum absolute atomic E-state index is 12.4. The first kappa shape index (κ1) is 17.5. The van der Waals surface area contributed by atoms with Crippen LogP contribution >= 0.6 is 24.1 Å². The normalized spacial score (nSPS) is 19.5. The van der Waals surface area contributed by atoms with Crippen molar-refractivity contribution in [2.45, 2.75) is 4.90 Å². The Bertz CT molecular complexity index is 714. The number of rotatable bonds is 4. The molecular weight excluding hydrogens is 348 g/mol. The number of hydrogen-bond donors (Lipinski definition) is 2. The molecule has 10 heteroatoms. The molecule has 1 aromatic heterocycles. The van der Waals surface area contributed by atoms with E-state index < -0.39 is 10.0 Å². The molecule has 0 amide bonds. The molecule has 122 valence electrons. The van der Waals surface area contributed by atoms with Crippen LogP contribution in [0.5, 0.6) is 0 Å². The van der Waals surface area contributed by atoms with E-state index in [-0.39, 0.29) is 23.2 Å². The number of nitrogens with zero attached hydrogens (tertiary/aromatic N) is 2. The smallest absolute Gasteiger partial charge is 0.242 e. The lowest BCUT2D eigenvalue weighted by Gasteiger charge is -2.14. The Kier molecular flexibility index (Phi) is 6.07. The lowest BCUT2D eigenvalue weighted by molar-refractivity contribution is 0.124. The largest absolute Gasteiger partial charge is 0.380 e. The Hall–Kier alpha value is -0.840. The Balaban J connectivity index is 0.00000176. The van der Waals surface area contributed by atoms with Gasteiger partial charge in [-0.1, -0.05) is 6.07 Å². The fraction of sp³-hybridized carbons (Fsp3) is 0.500. The van der Waals surface area contributed by atoms with E-state index in [2.05, 4.69) is 18.8 Å². The summed E-state index contributed by atoms with van der Waals surface area (Å²) >= 11 is 1.01. The van der Waals surface area contributed by atoms with Gasteiger partial charge in [0.05, 0.1) is 24.9 Å². The zero-order valence-electron chi connectivity index (χ0n) is 11.7. The van der Waals surface area contributed by atoms with E-state index in [4.69, 9.17) is 4.74 Å². The van der Waals surface area contributed by atoms with E-state index >= 15 is 0 Å². The third-order valence-corrected chi connectivity index (χ3v) is 5.31. The van der Waals surface area contributed by atoms with Crippen LogP contribution in [0.1, 0.15) is 0 Å². The monoisotopic (exact) mass is 364 g/mol. The van der Waals surface area contributed by atoms with Gasteiger partial charge < -0.3 is 10.1 Å². The van der Waals surface area contributed by atoms with Crippen molar-refractivity contribution in [1.29, 1.82) is 0 Å². The third-order valence-electron chi connectivity index (χ3n) is 3.31. The summed E-state index contributed by atoms with van der Waals surface area (Å²) in [5.74, 6) is 0.120. The lowest BCUT2D eigenvalue weighted by atomic mass is 10.2. The zero-order valence-corrected chi connectivity index (χ0v) is 14.1. The number of aromatic nitrogens is 2. The molecule has 22 heavy (non-hydrogen) atoms. The molecule has 3 rings (SSSR count). The average Bonchev–Trinajstić information content (AvgIpc) is 2.80. The van der Waals surface area contributed by atoms with Crippen molar-refractivity contribution in [2.24, 2.45) is 5.92 Å². The Morgan fingerprint density at radius 1 is 1.41 bits per heavy atom. The number of fused-ring (bicyclic) bond motifs is 1. The van der Waals surface area contributed by atoms with Gasteiger partial charge in [0.1, 0.15) is 15.9 Å². The van der Waals surface area contributed by atoms with Gasteiger partial charge in [-0.2, -0.15) is 8.75 Å². The number of nitrogens with one attached hydrogen (secondary N) is 2. The minimum Gasteiger partial charge on any atom is -0.380 e. The molecule has 1 aliphatic heterocycles. The molecule has 1 unspecified atom stereocenters. The highest BCUT2D eigenvalue weighted by Gasteiger charge is 2.21. The van der Waals surface area contributed by atoms with Crippen molar-refractivity contribution in [3.05, 3.63) is 18.2 Å². The summed E-state index contributed by atoms with van der Waals surface area (Å²) in [6.45, 7) is 3.09. The Morgan fingerprint density at radius 2 is 2.27 bits per heavy atom. The molecule has 0 radical (unpaired) electrons. The molecule has 1 aromatic carbocycles. The summed E-state index contributed by atoms with van der Waals surface area (Å²) in [4.78, 5) is 0.177. The molecule has 1 atom stereocenters. The predicted molar refractivity (Wildman–Crippen MR) is 87.0 cm³/mol. The maximum atomic E-state index is 12.4. The molecule has 0 bridgehead atoms. The van der Waals surface area contributed by atoms with Crippen molar-refractivity contribution < 1.29 is 13.2 Å². The van der Waals surface area contributed by atoms with Crippen LogP contribution in [0.3, 0.4) is 0 Å². The van der Waals surface area contributed by atoms with Crippen molar-refractivity contribution in [3.63, 3.8) is 0 Å². The van der Waals surface area contributed by atoms with Crippen molar-refractivity contribution >= 4 is 45.2 Å². The first-order valence-electron chi connectivity index (χ1n) is 6.66. The zero-order chi connectivity index (χ0) is 14.7. The van der Waals surface area contributed by atoms with Crippen LogP contribution in [0.25, 0.3) is 11.0 Å².